The Morgan fingerprint density at radius 1 is 0.808 bits per heavy atom. The first-order valence-electron chi connectivity index (χ1n) is 8.78. The van der Waals surface area contributed by atoms with Crippen LogP contribution in [-0.4, -0.2) is 72.0 Å². The van der Waals surface area contributed by atoms with Gasteiger partial charge in [0.2, 0.25) is 0 Å². The summed E-state index contributed by atoms with van der Waals surface area (Å²) in [6.07, 6.45) is -0.457. The molecule has 26 heavy (non-hydrogen) atoms. The van der Waals surface area contributed by atoms with Crippen LogP contribution in [0.2, 0.25) is 0 Å². The molecular weight excluding hydrogens is 340 g/mol. The molecule has 0 heterocycles. The minimum absolute atomic E-state index is 0.253. The fourth-order valence-electron chi connectivity index (χ4n) is 1.84. The predicted molar refractivity (Wildman–Crippen MR) is 97.0 cm³/mol. The maximum absolute atomic E-state index is 11.5. The highest BCUT2D eigenvalue weighted by molar-refractivity contribution is 5.67. The minimum atomic E-state index is -0.457. The largest absolute Gasteiger partial charge is 0.445 e. The highest BCUT2D eigenvalue weighted by Crippen LogP contribution is 2.00. The molecule has 0 saturated carbocycles. The van der Waals surface area contributed by atoms with Gasteiger partial charge in [0.15, 0.2) is 0 Å². The van der Waals surface area contributed by atoms with E-state index in [9.17, 15) is 4.79 Å². The first kappa shape index (κ1) is 22.3. The Morgan fingerprint density at radius 3 is 1.92 bits per heavy atom. The van der Waals surface area contributed by atoms with Crippen LogP contribution in [0, 0.1) is 0 Å². The van der Waals surface area contributed by atoms with Gasteiger partial charge in [-0.25, -0.2) is 4.79 Å². The molecule has 1 amide bonds. The summed E-state index contributed by atoms with van der Waals surface area (Å²) in [5.41, 5.74) is 6.24. The standard InChI is InChI=1S/C18H30N2O6/c19-6-8-22-10-12-24-14-15-25-13-11-23-9-7-20-18(21)26-16-17-4-2-1-3-5-17/h1-5H,6-16,19H2,(H,20,21). The summed E-state index contributed by atoms with van der Waals surface area (Å²) in [6.45, 7) is 5.15. The molecular formula is C18H30N2O6. The summed E-state index contributed by atoms with van der Waals surface area (Å²) < 4.78 is 26.3. The van der Waals surface area contributed by atoms with Gasteiger partial charge in [-0.3, -0.25) is 0 Å². The third-order valence-corrected chi connectivity index (χ3v) is 3.11. The number of ether oxygens (including phenoxy) is 5. The molecule has 0 aliphatic heterocycles. The lowest BCUT2D eigenvalue weighted by Crippen LogP contribution is -2.28. The number of benzene rings is 1. The van der Waals surface area contributed by atoms with Crippen LogP contribution >= 0.6 is 0 Å². The van der Waals surface area contributed by atoms with E-state index in [4.69, 9.17) is 29.4 Å². The number of nitrogens with one attached hydrogen (secondary N) is 1. The van der Waals surface area contributed by atoms with Crippen molar-refractivity contribution in [3.63, 3.8) is 0 Å². The van der Waals surface area contributed by atoms with Crippen molar-refractivity contribution >= 4 is 6.09 Å². The van der Waals surface area contributed by atoms with E-state index in [0.29, 0.717) is 65.9 Å². The highest BCUT2D eigenvalue weighted by Gasteiger charge is 2.01. The molecule has 8 heteroatoms. The van der Waals surface area contributed by atoms with Gasteiger partial charge in [0, 0.05) is 13.1 Å². The Kier molecular flexibility index (Phi) is 14.4. The van der Waals surface area contributed by atoms with Gasteiger partial charge in [-0.05, 0) is 5.56 Å². The maximum atomic E-state index is 11.5. The van der Waals surface area contributed by atoms with Crippen molar-refractivity contribution in [1.29, 1.82) is 0 Å². The normalized spacial score (nSPS) is 10.7. The van der Waals surface area contributed by atoms with Crippen molar-refractivity contribution in [3.05, 3.63) is 35.9 Å². The molecule has 0 fully saturated rings. The molecule has 148 valence electrons. The molecule has 3 N–H and O–H groups in total. The Balaban J connectivity index is 1.78. The van der Waals surface area contributed by atoms with Crippen LogP contribution in [-0.2, 0) is 30.3 Å². The molecule has 0 unspecified atom stereocenters. The van der Waals surface area contributed by atoms with E-state index in [1.54, 1.807) is 0 Å². The Morgan fingerprint density at radius 2 is 1.35 bits per heavy atom. The Bertz CT molecular complexity index is 447. The van der Waals surface area contributed by atoms with Crippen LogP contribution in [0.15, 0.2) is 30.3 Å². The third kappa shape index (κ3) is 13.6. The monoisotopic (exact) mass is 370 g/mol. The zero-order valence-corrected chi connectivity index (χ0v) is 15.2. The Hall–Kier alpha value is -1.71. The van der Waals surface area contributed by atoms with Crippen molar-refractivity contribution in [2.45, 2.75) is 6.61 Å². The van der Waals surface area contributed by atoms with Crippen LogP contribution in [0.5, 0.6) is 0 Å². The first-order valence-corrected chi connectivity index (χ1v) is 8.78. The summed E-state index contributed by atoms with van der Waals surface area (Å²) in [5.74, 6) is 0. The minimum Gasteiger partial charge on any atom is -0.445 e. The summed E-state index contributed by atoms with van der Waals surface area (Å²) in [5, 5.41) is 2.63. The molecule has 0 radical (unpaired) electrons. The van der Waals surface area contributed by atoms with E-state index >= 15 is 0 Å². The van der Waals surface area contributed by atoms with Gasteiger partial charge in [-0.15, -0.1) is 0 Å². The summed E-state index contributed by atoms with van der Waals surface area (Å²) in [4.78, 5) is 11.5. The molecule has 0 aliphatic rings. The number of rotatable bonds is 16. The van der Waals surface area contributed by atoms with Crippen molar-refractivity contribution in [1.82, 2.24) is 5.32 Å². The van der Waals surface area contributed by atoms with E-state index in [2.05, 4.69) is 5.32 Å². The van der Waals surface area contributed by atoms with E-state index in [-0.39, 0.29) is 6.61 Å². The SMILES string of the molecule is NCCOCCOCCOCCOCCNC(=O)OCc1ccccc1. The van der Waals surface area contributed by atoms with Crippen LogP contribution in [0.4, 0.5) is 4.79 Å². The topological polar surface area (TPSA) is 101 Å². The van der Waals surface area contributed by atoms with Crippen LogP contribution in [0.3, 0.4) is 0 Å². The number of hydrogen-bond donors (Lipinski definition) is 2. The molecule has 1 rings (SSSR count). The molecule has 0 spiro atoms. The molecule has 1 aromatic rings. The lowest BCUT2D eigenvalue weighted by atomic mass is 10.2. The van der Waals surface area contributed by atoms with Gasteiger partial charge < -0.3 is 34.7 Å². The van der Waals surface area contributed by atoms with Gasteiger partial charge in [0.1, 0.15) is 6.61 Å². The fraction of sp³-hybridized carbons (Fsp3) is 0.611. The molecule has 0 saturated heterocycles. The molecule has 0 aromatic heterocycles. The summed E-state index contributed by atoms with van der Waals surface area (Å²) in [6, 6.07) is 9.51. The van der Waals surface area contributed by atoms with Crippen LogP contribution in [0.25, 0.3) is 0 Å². The molecule has 0 aliphatic carbocycles. The van der Waals surface area contributed by atoms with Crippen LogP contribution < -0.4 is 11.1 Å². The van der Waals surface area contributed by atoms with Gasteiger partial charge in [-0.2, -0.15) is 0 Å². The van der Waals surface area contributed by atoms with E-state index < -0.39 is 6.09 Å². The number of hydrogen-bond acceptors (Lipinski definition) is 7. The third-order valence-electron chi connectivity index (χ3n) is 3.11. The maximum Gasteiger partial charge on any atom is 0.407 e. The zero-order chi connectivity index (χ0) is 18.7. The Labute approximate surface area is 154 Å². The summed E-state index contributed by atoms with van der Waals surface area (Å²) in [7, 11) is 0. The average molecular weight is 370 g/mol. The molecule has 8 nitrogen and oxygen atoms in total. The van der Waals surface area contributed by atoms with Gasteiger partial charge >= 0.3 is 6.09 Å². The lowest BCUT2D eigenvalue weighted by molar-refractivity contribution is -0.000653. The number of alkyl carbamates (subject to hydrolysis) is 1. The second-order valence-electron chi connectivity index (χ2n) is 5.23. The highest BCUT2D eigenvalue weighted by atomic mass is 16.6. The number of amides is 1. The van der Waals surface area contributed by atoms with Gasteiger partial charge in [0.25, 0.3) is 0 Å². The van der Waals surface area contributed by atoms with Crippen LogP contribution in [0.1, 0.15) is 5.56 Å². The zero-order valence-electron chi connectivity index (χ0n) is 15.2. The van der Waals surface area contributed by atoms with Crippen molar-refractivity contribution < 1.29 is 28.5 Å². The first-order chi connectivity index (χ1) is 12.8. The average Bonchev–Trinajstić information content (AvgIpc) is 2.67. The molecule has 0 bridgehead atoms. The summed E-state index contributed by atoms with van der Waals surface area (Å²) >= 11 is 0. The smallest absolute Gasteiger partial charge is 0.407 e. The lowest BCUT2D eigenvalue weighted by Gasteiger charge is -2.08. The van der Waals surface area contributed by atoms with E-state index in [0.717, 1.165) is 5.56 Å². The van der Waals surface area contributed by atoms with Crippen molar-refractivity contribution in [3.8, 4) is 0 Å². The number of nitrogens with two attached hydrogens (primary N) is 1. The van der Waals surface area contributed by atoms with E-state index in [1.165, 1.54) is 0 Å². The van der Waals surface area contributed by atoms with E-state index in [1.807, 2.05) is 30.3 Å². The van der Waals surface area contributed by atoms with Crippen molar-refractivity contribution in [2.24, 2.45) is 5.73 Å². The second kappa shape index (κ2) is 16.7. The predicted octanol–water partition coefficient (Wildman–Crippen LogP) is 0.938. The molecule has 0 atom stereocenters. The van der Waals surface area contributed by atoms with Gasteiger partial charge in [-0.1, -0.05) is 30.3 Å². The second-order valence-corrected chi connectivity index (χ2v) is 5.23. The number of carbonyl (C=O) groups excluding carboxylic acids is 1. The van der Waals surface area contributed by atoms with Crippen molar-refractivity contribution in [2.75, 3.05) is 65.9 Å². The number of carbonyl (C=O) groups is 1. The van der Waals surface area contributed by atoms with Gasteiger partial charge in [0.05, 0.1) is 52.9 Å². The quantitative estimate of drug-likeness (QED) is 0.418. The molecule has 1 aromatic carbocycles. The fourth-order valence-corrected chi connectivity index (χ4v) is 1.84.